The molecular formula is C25H27N7O2. The smallest absolute Gasteiger partial charge is 0.180 e. The molecule has 0 atom stereocenters. The molecule has 9 nitrogen and oxygen atoms in total. The van der Waals surface area contributed by atoms with Crippen molar-refractivity contribution >= 4 is 28.1 Å². The number of imidazole rings is 1. The number of hydrogen-bond acceptors (Lipinski definition) is 7. The number of aromatic nitrogens is 5. The van der Waals surface area contributed by atoms with E-state index < -0.39 is 0 Å². The minimum Gasteiger partial charge on any atom is -0.493 e. The van der Waals surface area contributed by atoms with Crippen molar-refractivity contribution in [1.82, 2.24) is 29.5 Å². The highest BCUT2D eigenvalue weighted by molar-refractivity contribution is 5.84. The van der Waals surface area contributed by atoms with Gasteiger partial charge in [0.2, 0.25) is 0 Å². The van der Waals surface area contributed by atoms with E-state index in [2.05, 4.69) is 39.5 Å². The Hall–Kier alpha value is -4.11. The first-order valence-corrected chi connectivity index (χ1v) is 11.1. The van der Waals surface area contributed by atoms with Gasteiger partial charge in [0.25, 0.3) is 0 Å². The van der Waals surface area contributed by atoms with Gasteiger partial charge in [-0.2, -0.15) is 5.10 Å². The molecule has 2 N–H and O–H groups in total. The van der Waals surface area contributed by atoms with Gasteiger partial charge in [-0.15, -0.1) is 0 Å². The number of nitrogens with zero attached hydrogens (tertiary/aromatic N) is 5. The summed E-state index contributed by atoms with van der Waals surface area (Å²) in [6, 6.07) is 11.9. The van der Waals surface area contributed by atoms with E-state index in [1.165, 1.54) is 0 Å². The van der Waals surface area contributed by atoms with Crippen LogP contribution in [0, 0.1) is 0 Å². The first-order chi connectivity index (χ1) is 16.6. The zero-order valence-corrected chi connectivity index (χ0v) is 19.4. The highest BCUT2D eigenvalue weighted by Crippen LogP contribution is 2.33. The van der Waals surface area contributed by atoms with E-state index in [0.29, 0.717) is 23.9 Å². The molecule has 0 saturated heterocycles. The molecule has 0 amide bonds. The number of anilines is 2. The summed E-state index contributed by atoms with van der Waals surface area (Å²) in [5.74, 6) is 2.02. The highest BCUT2D eigenvalue weighted by Gasteiger charge is 2.12. The predicted octanol–water partition coefficient (Wildman–Crippen LogP) is 4.36. The Balaban J connectivity index is 1.42. The molecule has 5 aromatic rings. The van der Waals surface area contributed by atoms with Gasteiger partial charge in [0.1, 0.15) is 0 Å². The lowest BCUT2D eigenvalue weighted by atomic mass is 10.1. The van der Waals surface area contributed by atoms with Crippen molar-refractivity contribution in [3.8, 4) is 22.8 Å². The number of hydrogen-bond donors (Lipinski definition) is 2. The van der Waals surface area contributed by atoms with Gasteiger partial charge in [0, 0.05) is 47.8 Å². The number of nitrogens with one attached hydrogen (secondary N) is 2. The quantitative estimate of drug-likeness (QED) is 0.318. The van der Waals surface area contributed by atoms with Crippen molar-refractivity contribution < 1.29 is 9.47 Å². The highest BCUT2D eigenvalue weighted by atomic mass is 16.5. The zero-order valence-electron chi connectivity index (χ0n) is 19.4. The third-order valence-electron chi connectivity index (χ3n) is 5.55. The molecule has 0 spiro atoms. The fraction of sp³-hybridized carbons (Fsp3) is 0.240. The topological polar surface area (TPSA) is 92.6 Å². The summed E-state index contributed by atoms with van der Waals surface area (Å²) in [4.78, 5) is 11.5. The van der Waals surface area contributed by atoms with Crippen molar-refractivity contribution in [2.75, 3.05) is 39.7 Å². The Labute approximate surface area is 197 Å². The monoisotopic (exact) mass is 457 g/mol. The Morgan fingerprint density at radius 3 is 2.88 bits per heavy atom. The molecule has 0 saturated carbocycles. The Morgan fingerprint density at radius 1 is 1.12 bits per heavy atom. The van der Waals surface area contributed by atoms with Gasteiger partial charge in [0.15, 0.2) is 23.0 Å². The van der Waals surface area contributed by atoms with Crippen LogP contribution in [0.1, 0.15) is 6.42 Å². The number of ether oxygens (including phenoxy) is 2. The van der Waals surface area contributed by atoms with Gasteiger partial charge in [-0.05, 0) is 38.7 Å². The van der Waals surface area contributed by atoms with Crippen LogP contribution in [0.4, 0.5) is 11.5 Å². The molecule has 9 heteroatoms. The van der Waals surface area contributed by atoms with E-state index in [-0.39, 0.29) is 0 Å². The Kier molecular flexibility index (Phi) is 6.01. The molecule has 34 heavy (non-hydrogen) atoms. The second-order valence-corrected chi connectivity index (χ2v) is 8.30. The van der Waals surface area contributed by atoms with Gasteiger partial charge >= 0.3 is 0 Å². The Bertz CT molecular complexity index is 1420. The molecule has 174 valence electrons. The summed E-state index contributed by atoms with van der Waals surface area (Å²) in [6.45, 7) is 1.60. The fourth-order valence-corrected chi connectivity index (χ4v) is 3.82. The minimum atomic E-state index is 0.625. The van der Waals surface area contributed by atoms with Crippen LogP contribution in [-0.4, -0.2) is 63.8 Å². The second kappa shape index (κ2) is 9.40. The number of aromatic amines is 1. The zero-order chi connectivity index (χ0) is 23.5. The third kappa shape index (κ3) is 4.51. The molecule has 0 aliphatic heterocycles. The van der Waals surface area contributed by atoms with Gasteiger partial charge in [-0.1, -0.05) is 12.1 Å². The molecule has 0 fully saturated rings. The van der Waals surface area contributed by atoms with Crippen LogP contribution in [0.2, 0.25) is 0 Å². The lowest BCUT2D eigenvalue weighted by molar-refractivity contribution is 0.268. The third-order valence-corrected chi connectivity index (χ3v) is 5.55. The second-order valence-electron chi connectivity index (χ2n) is 8.30. The first kappa shape index (κ1) is 21.7. The van der Waals surface area contributed by atoms with Crippen LogP contribution in [0.25, 0.3) is 27.8 Å². The van der Waals surface area contributed by atoms with E-state index in [4.69, 9.17) is 14.5 Å². The van der Waals surface area contributed by atoms with E-state index >= 15 is 0 Å². The van der Waals surface area contributed by atoms with Crippen LogP contribution < -0.4 is 14.8 Å². The Morgan fingerprint density at radius 2 is 2.03 bits per heavy atom. The first-order valence-electron chi connectivity index (χ1n) is 11.1. The van der Waals surface area contributed by atoms with Crippen molar-refractivity contribution in [3.05, 3.63) is 61.2 Å². The van der Waals surface area contributed by atoms with Crippen LogP contribution in [-0.2, 0) is 0 Å². The average Bonchev–Trinajstić information content (AvgIpc) is 3.51. The minimum absolute atomic E-state index is 0.625. The molecule has 5 rings (SSSR count). The lowest BCUT2D eigenvalue weighted by Crippen LogP contribution is -2.15. The summed E-state index contributed by atoms with van der Waals surface area (Å²) < 4.78 is 13.5. The summed E-state index contributed by atoms with van der Waals surface area (Å²) in [5, 5.41) is 11.6. The number of fused-ring (bicyclic) bond motifs is 2. The largest absolute Gasteiger partial charge is 0.493 e. The lowest BCUT2D eigenvalue weighted by Gasteiger charge is -2.15. The normalized spacial score (nSPS) is 11.4. The average molecular weight is 458 g/mol. The molecule has 3 aromatic heterocycles. The van der Waals surface area contributed by atoms with Crippen LogP contribution in [0.5, 0.6) is 11.5 Å². The van der Waals surface area contributed by atoms with E-state index in [1.54, 1.807) is 13.3 Å². The van der Waals surface area contributed by atoms with Crippen LogP contribution in [0.3, 0.4) is 0 Å². The number of rotatable bonds is 9. The van der Waals surface area contributed by atoms with Gasteiger partial charge in [-0.3, -0.25) is 5.10 Å². The summed E-state index contributed by atoms with van der Waals surface area (Å²) >= 11 is 0. The van der Waals surface area contributed by atoms with Crippen LogP contribution >= 0.6 is 0 Å². The number of methoxy groups -OCH3 is 1. The molecule has 0 radical (unpaired) electrons. The maximum atomic E-state index is 5.93. The van der Waals surface area contributed by atoms with Crippen molar-refractivity contribution in [1.29, 1.82) is 0 Å². The summed E-state index contributed by atoms with van der Waals surface area (Å²) in [6.07, 6.45) is 8.38. The molecule has 0 unspecified atom stereocenters. The number of benzene rings is 2. The van der Waals surface area contributed by atoms with Crippen molar-refractivity contribution in [3.63, 3.8) is 0 Å². The SMILES string of the molecule is COc1cc(Nc2nc(-c3ccc4cn[nH]c4c3)cn3ccnc23)ccc1OCCCN(C)C. The van der Waals surface area contributed by atoms with E-state index in [0.717, 1.165) is 46.5 Å². The van der Waals surface area contributed by atoms with E-state index in [1.807, 2.05) is 59.4 Å². The van der Waals surface area contributed by atoms with Gasteiger partial charge in [-0.25, -0.2) is 9.97 Å². The molecule has 2 aromatic carbocycles. The molecule has 0 aliphatic rings. The van der Waals surface area contributed by atoms with Crippen LogP contribution in [0.15, 0.2) is 61.2 Å². The number of H-pyrrole nitrogens is 1. The summed E-state index contributed by atoms with van der Waals surface area (Å²) in [5.41, 5.74) is 4.32. The summed E-state index contributed by atoms with van der Waals surface area (Å²) in [7, 11) is 5.75. The molecule has 0 bridgehead atoms. The van der Waals surface area contributed by atoms with Gasteiger partial charge < -0.3 is 24.1 Å². The van der Waals surface area contributed by atoms with Crippen molar-refractivity contribution in [2.24, 2.45) is 0 Å². The standard InChI is InChI=1S/C25H27N7O2/c1-31(2)10-4-12-34-22-8-7-19(14-23(22)33-3)28-24-25-26-9-11-32(25)16-21(29-24)17-5-6-18-15-27-30-20(18)13-17/h5-9,11,13-16H,4,10,12H2,1-3H3,(H,27,30)(H,28,29). The maximum Gasteiger partial charge on any atom is 0.180 e. The van der Waals surface area contributed by atoms with Gasteiger partial charge in [0.05, 0.1) is 31.1 Å². The molecule has 3 heterocycles. The van der Waals surface area contributed by atoms with E-state index in [9.17, 15) is 0 Å². The molecule has 0 aliphatic carbocycles. The fourth-order valence-electron chi connectivity index (χ4n) is 3.82. The predicted molar refractivity (Wildman–Crippen MR) is 133 cm³/mol. The maximum absolute atomic E-state index is 5.93. The molecular weight excluding hydrogens is 430 g/mol. The van der Waals surface area contributed by atoms with Crippen molar-refractivity contribution in [2.45, 2.75) is 6.42 Å².